The Morgan fingerprint density at radius 3 is 2.81 bits per heavy atom. The summed E-state index contributed by atoms with van der Waals surface area (Å²) in [4.78, 5) is 11.2. The van der Waals surface area contributed by atoms with E-state index in [-0.39, 0.29) is 18.3 Å². The van der Waals surface area contributed by atoms with Gasteiger partial charge in [0.15, 0.2) is 5.69 Å². The summed E-state index contributed by atoms with van der Waals surface area (Å²) in [5, 5.41) is 16.9. The molecule has 1 aliphatic rings. The SMILES string of the molecule is CC(CO)n1nnc(C(N)=O)c1C1CCC1. The molecule has 1 aliphatic carbocycles. The molecule has 16 heavy (non-hydrogen) atoms. The molecule has 1 aromatic heterocycles. The molecule has 1 saturated carbocycles. The summed E-state index contributed by atoms with van der Waals surface area (Å²) in [5.41, 5.74) is 6.32. The Balaban J connectivity index is 2.40. The highest BCUT2D eigenvalue weighted by atomic mass is 16.3. The van der Waals surface area contributed by atoms with Crippen molar-refractivity contribution in [3.8, 4) is 0 Å². The molecule has 2 rings (SSSR count). The van der Waals surface area contributed by atoms with Gasteiger partial charge in [0.25, 0.3) is 5.91 Å². The van der Waals surface area contributed by atoms with Gasteiger partial charge in [-0.15, -0.1) is 5.10 Å². The molecular formula is C10H16N4O2. The average Bonchev–Trinajstić information content (AvgIpc) is 2.58. The summed E-state index contributed by atoms with van der Waals surface area (Å²) in [6.07, 6.45) is 3.22. The lowest BCUT2D eigenvalue weighted by atomic mass is 9.82. The second-order valence-corrected chi connectivity index (χ2v) is 4.29. The minimum absolute atomic E-state index is 0.0265. The number of hydrogen-bond acceptors (Lipinski definition) is 4. The number of aromatic nitrogens is 3. The van der Waals surface area contributed by atoms with E-state index in [1.54, 1.807) is 4.68 Å². The van der Waals surface area contributed by atoms with Crippen LogP contribution in [0.2, 0.25) is 0 Å². The number of carbonyl (C=O) groups excluding carboxylic acids is 1. The number of carbonyl (C=O) groups is 1. The van der Waals surface area contributed by atoms with Crippen molar-refractivity contribution in [3.63, 3.8) is 0 Å². The fourth-order valence-corrected chi connectivity index (χ4v) is 1.94. The second-order valence-electron chi connectivity index (χ2n) is 4.29. The molecule has 6 heteroatoms. The van der Waals surface area contributed by atoms with E-state index < -0.39 is 5.91 Å². The van der Waals surface area contributed by atoms with Crippen molar-refractivity contribution in [2.75, 3.05) is 6.61 Å². The van der Waals surface area contributed by atoms with Gasteiger partial charge in [0.05, 0.1) is 18.3 Å². The first-order valence-corrected chi connectivity index (χ1v) is 5.51. The van der Waals surface area contributed by atoms with E-state index in [2.05, 4.69) is 10.3 Å². The van der Waals surface area contributed by atoms with Crippen LogP contribution in [-0.2, 0) is 0 Å². The maximum Gasteiger partial charge on any atom is 0.271 e. The molecule has 0 aliphatic heterocycles. The quantitative estimate of drug-likeness (QED) is 0.763. The van der Waals surface area contributed by atoms with E-state index in [4.69, 9.17) is 10.8 Å². The highest BCUT2D eigenvalue weighted by molar-refractivity contribution is 5.92. The molecule has 1 unspecified atom stereocenters. The smallest absolute Gasteiger partial charge is 0.271 e. The van der Waals surface area contributed by atoms with Crippen LogP contribution in [0.5, 0.6) is 0 Å². The summed E-state index contributed by atoms with van der Waals surface area (Å²) >= 11 is 0. The van der Waals surface area contributed by atoms with E-state index in [1.165, 1.54) is 0 Å². The standard InChI is InChI=1S/C10H16N4O2/c1-6(5-15)14-9(7-3-2-4-7)8(10(11)16)12-13-14/h6-7,15H,2-5H2,1H3,(H2,11,16). The number of primary amides is 1. The van der Waals surface area contributed by atoms with Gasteiger partial charge in [-0.05, 0) is 19.8 Å². The zero-order chi connectivity index (χ0) is 11.7. The van der Waals surface area contributed by atoms with Crippen LogP contribution < -0.4 is 5.73 Å². The van der Waals surface area contributed by atoms with Crippen molar-refractivity contribution >= 4 is 5.91 Å². The monoisotopic (exact) mass is 224 g/mol. The minimum atomic E-state index is -0.543. The van der Waals surface area contributed by atoms with E-state index in [0.29, 0.717) is 5.92 Å². The van der Waals surface area contributed by atoms with Crippen molar-refractivity contribution in [3.05, 3.63) is 11.4 Å². The predicted octanol–water partition coefficient (Wildman–Crippen LogP) is 0.198. The summed E-state index contributed by atoms with van der Waals surface area (Å²) in [5.74, 6) is -0.232. The fraction of sp³-hybridized carbons (Fsp3) is 0.700. The Morgan fingerprint density at radius 1 is 1.69 bits per heavy atom. The predicted molar refractivity (Wildman–Crippen MR) is 56.9 cm³/mol. The first-order valence-electron chi connectivity index (χ1n) is 5.51. The van der Waals surface area contributed by atoms with Crippen LogP contribution in [0.4, 0.5) is 0 Å². The van der Waals surface area contributed by atoms with Gasteiger partial charge in [0.2, 0.25) is 0 Å². The summed E-state index contributed by atoms with van der Waals surface area (Å²) in [6, 6.07) is -0.170. The lowest BCUT2D eigenvalue weighted by Crippen LogP contribution is -2.23. The molecule has 0 bridgehead atoms. The van der Waals surface area contributed by atoms with Gasteiger partial charge < -0.3 is 10.8 Å². The Bertz CT molecular complexity index is 398. The normalized spacial score (nSPS) is 18.1. The first-order chi connectivity index (χ1) is 7.65. The largest absolute Gasteiger partial charge is 0.394 e. The average molecular weight is 224 g/mol. The van der Waals surface area contributed by atoms with E-state index in [1.807, 2.05) is 6.92 Å². The molecule has 0 radical (unpaired) electrons. The first kappa shape index (κ1) is 11.1. The number of nitrogens with zero attached hydrogens (tertiary/aromatic N) is 3. The van der Waals surface area contributed by atoms with E-state index in [0.717, 1.165) is 25.0 Å². The van der Waals surface area contributed by atoms with Gasteiger partial charge in [-0.2, -0.15) is 0 Å². The number of amides is 1. The maximum atomic E-state index is 11.2. The zero-order valence-electron chi connectivity index (χ0n) is 9.26. The molecular weight excluding hydrogens is 208 g/mol. The lowest BCUT2D eigenvalue weighted by Gasteiger charge is -2.27. The van der Waals surface area contributed by atoms with Gasteiger partial charge in [0, 0.05) is 5.92 Å². The van der Waals surface area contributed by atoms with Crippen LogP contribution in [0.15, 0.2) is 0 Å². The molecule has 1 heterocycles. The third-order valence-electron chi connectivity index (χ3n) is 3.14. The molecule has 1 fully saturated rings. The van der Waals surface area contributed by atoms with Crippen LogP contribution in [0.25, 0.3) is 0 Å². The van der Waals surface area contributed by atoms with Crippen molar-refractivity contribution in [2.45, 2.75) is 38.1 Å². The Labute approximate surface area is 93.4 Å². The summed E-state index contributed by atoms with van der Waals surface area (Å²) in [7, 11) is 0. The summed E-state index contributed by atoms with van der Waals surface area (Å²) < 4.78 is 1.63. The molecule has 0 aromatic carbocycles. The topological polar surface area (TPSA) is 94.0 Å². The zero-order valence-corrected chi connectivity index (χ0v) is 9.26. The Kier molecular flexibility index (Phi) is 2.91. The van der Waals surface area contributed by atoms with Crippen molar-refractivity contribution < 1.29 is 9.90 Å². The third kappa shape index (κ3) is 1.69. The number of rotatable bonds is 4. The number of aliphatic hydroxyl groups is 1. The fourth-order valence-electron chi connectivity index (χ4n) is 1.94. The van der Waals surface area contributed by atoms with Crippen molar-refractivity contribution in [2.24, 2.45) is 5.73 Å². The molecule has 88 valence electrons. The number of nitrogens with two attached hydrogens (primary N) is 1. The molecule has 1 atom stereocenters. The number of hydrogen-bond donors (Lipinski definition) is 2. The van der Waals surface area contributed by atoms with Crippen molar-refractivity contribution in [1.29, 1.82) is 0 Å². The highest BCUT2D eigenvalue weighted by Crippen LogP contribution is 2.38. The van der Waals surface area contributed by atoms with Crippen LogP contribution >= 0.6 is 0 Å². The van der Waals surface area contributed by atoms with E-state index in [9.17, 15) is 4.79 Å². The molecule has 6 nitrogen and oxygen atoms in total. The molecule has 3 N–H and O–H groups in total. The van der Waals surface area contributed by atoms with Crippen LogP contribution in [-0.4, -0.2) is 32.6 Å². The van der Waals surface area contributed by atoms with Crippen LogP contribution in [0.3, 0.4) is 0 Å². The van der Waals surface area contributed by atoms with Crippen molar-refractivity contribution in [1.82, 2.24) is 15.0 Å². The highest BCUT2D eigenvalue weighted by Gasteiger charge is 2.30. The molecule has 1 aromatic rings. The van der Waals surface area contributed by atoms with Gasteiger partial charge >= 0.3 is 0 Å². The van der Waals surface area contributed by atoms with Gasteiger partial charge in [0.1, 0.15) is 0 Å². The second kappa shape index (κ2) is 4.21. The molecule has 1 amide bonds. The Morgan fingerprint density at radius 2 is 2.38 bits per heavy atom. The lowest BCUT2D eigenvalue weighted by molar-refractivity contribution is 0.0993. The van der Waals surface area contributed by atoms with E-state index >= 15 is 0 Å². The molecule has 0 saturated heterocycles. The van der Waals surface area contributed by atoms with Gasteiger partial charge in [-0.3, -0.25) is 4.79 Å². The van der Waals surface area contributed by atoms with Gasteiger partial charge in [-0.1, -0.05) is 11.6 Å². The summed E-state index contributed by atoms with van der Waals surface area (Å²) in [6.45, 7) is 1.81. The Hall–Kier alpha value is -1.43. The molecule has 0 spiro atoms. The maximum absolute atomic E-state index is 11.2. The van der Waals surface area contributed by atoms with Crippen LogP contribution in [0.1, 0.15) is 54.3 Å². The third-order valence-corrected chi connectivity index (χ3v) is 3.14. The van der Waals surface area contributed by atoms with Crippen LogP contribution in [0, 0.1) is 0 Å². The minimum Gasteiger partial charge on any atom is -0.394 e. The van der Waals surface area contributed by atoms with Gasteiger partial charge in [-0.25, -0.2) is 4.68 Å². The number of aliphatic hydroxyl groups excluding tert-OH is 1.